The highest BCUT2D eigenvalue weighted by molar-refractivity contribution is 5.89. The van der Waals surface area contributed by atoms with Crippen LogP contribution in [-0.2, 0) is 4.74 Å². The lowest BCUT2D eigenvalue weighted by atomic mass is 9.78. The molecule has 1 aliphatic carbocycles. The van der Waals surface area contributed by atoms with Gasteiger partial charge in [-0.05, 0) is 55.4 Å². The van der Waals surface area contributed by atoms with Crippen molar-refractivity contribution in [3.05, 3.63) is 29.8 Å². The Morgan fingerprint density at radius 2 is 1.37 bits per heavy atom. The number of hydrogen-bond acceptors (Lipinski definition) is 3. The quantitative estimate of drug-likeness (QED) is 0.215. The van der Waals surface area contributed by atoms with E-state index >= 15 is 0 Å². The van der Waals surface area contributed by atoms with Crippen LogP contribution in [0.3, 0.4) is 0 Å². The fourth-order valence-corrected chi connectivity index (χ4v) is 4.49. The van der Waals surface area contributed by atoms with Gasteiger partial charge in [0.2, 0.25) is 0 Å². The Labute approximate surface area is 184 Å². The van der Waals surface area contributed by atoms with Crippen molar-refractivity contribution in [2.75, 3.05) is 13.2 Å². The minimum atomic E-state index is -0.244. The van der Waals surface area contributed by atoms with Crippen LogP contribution in [-0.4, -0.2) is 19.2 Å². The van der Waals surface area contributed by atoms with E-state index in [-0.39, 0.29) is 5.97 Å². The molecule has 0 amide bonds. The average Bonchev–Trinajstić information content (AvgIpc) is 2.78. The van der Waals surface area contributed by atoms with Crippen LogP contribution >= 0.6 is 0 Å². The molecular formula is C27H44O3. The van der Waals surface area contributed by atoms with E-state index in [0.29, 0.717) is 12.2 Å². The zero-order valence-electron chi connectivity index (χ0n) is 19.5. The summed E-state index contributed by atoms with van der Waals surface area (Å²) in [5.74, 6) is 2.48. The van der Waals surface area contributed by atoms with Crippen molar-refractivity contribution in [3.8, 4) is 5.75 Å². The van der Waals surface area contributed by atoms with Crippen LogP contribution in [0, 0.1) is 11.8 Å². The van der Waals surface area contributed by atoms with Gasteiger partial charge in [-0.25, -0.2) is 4.79 Å². The first-order valence-corrected chi connectivity index (χ1v) is 12.6. The summed E-state index contributed by atoms with van der Waals surface area (Å²) in [4.78, 5) is 11.9. The van der Waals surface area contributed by atoms with Crippen LogP contribution in [0.15, 0.2) is 24.3 Å². The largest absolute Gasteiger partial charge is 0.494 e. The van der Waals surface area contributed by atoms with Crippen LogP contribution in [0.2, 0.25) is 0 Å². The molecule has 0 atom stereocenters. The van der Waals surface area contributed by atoms with Gasteiger partial charge >= 0.3 is 5.97 Å². The molecule has 1 aliphatic rings. The minimum absolute atomic E-state index is 0.244. The topological polar surface area (TPSA) is 35.5 Å². The molecule has 0 bridgehead atoms. The first kappa shape index (κ1) is 24.8. The predicted molar refractivity (Wildman–Crippen MR) is 125 cm³/mol. The van der Waals surface area contributed by atoms with Crippen molar-refractivity contribution in [2.24, 2.45) is 11.8 Å². The molecule has 3 heteroatoms. The third kappa shape index (κ3) is 10.00. The van der Waals surface area contributed by atoms with Crippen LogP contribution in [0.25, 0.3) is 0 Å². The summed E-state index contributed by atoms with van der Waals surface area (Å²) < 4.78 is 11.1. The molecule has 1 saturated carbocycles. The van der Waals surface area contributed by atoms with Gasteiger partial charge in [-0.2, -0.15) is 0 Å². The van der Waals surface area contributed by atoms with Crippen molar-refractivity contribution in [3.63, 3.8) is 0 Å². The highest BCUT2D eigenvalue weighted by Crippen LogP contribution is 2.34. The van der Waals surface area contributed by atoms with E-state index in [4.69, 9.17) is 9.47 Å². The van der Waals surface area contributed by atoms with Crippen LogP contribution in [0.1, 0.15) is 114 Å². The molecule has 1 aromatic rings. The third-order valence-electron chi connectivity index (χ3n) is 6.53. The molecule has 0 N–H and O–H groups in total. The lowest BCUT2D eigenvalue weighted by Gasteiger charge is -2.28. The van der Waals surface area contributed by atoms with Gasteiger partial charge in [-0.1, -0.05) is 84.5 Å². The van der Waals surface area contributed by atoms with Gasteiger partial charge in [0.15, 0.2) is 0 Å². The Morgan fingerprint density at radius 1 is 0.767 bits per heavy atom. The van der Waals surface area contributed by atoms with Crippen molar-refractivity contribution in [1.29, 1.82) is 0 Å². The molecule has 170 valence electrons. The van der Waals surface area contributed by atoms with E-state index < -0.39 is 0 Å². The molecule has 1 fully saturated rings. The maximum absolute atomic E-state index is 11.9. The molecule has 30 heavy (non-hydrogen) atoms. The normalized spacial score (nSPS) is 18.9. The van der Waals surface area contributed by atoms with Crippen LogP contribution in [0.5, 0.6) is 5.75 Å². The summed E-state index contributed by atoms with van der Waals surface area (Å²) >= 11 is 0. The lowest BCUT2D eigenvalue weighted by molar-refractivity contribution is 0.0499. The summed E-state index contributed by atoms with van der Waals surface area (Å²) in [5, 5.41) is 0. The number of rotatable bonds is 15. The van der Waals surface area contributed by atoms with Crippen LogP contribution in [0.4, 0.5) is 0 Å². The van der Waals surface area contributed by atoms with Gasteiger partial charge in [0.05, 0.1) is 18.8 Å². The summed E-state index contributed by atoms with van der Waals surface area (Å²) in [6.45, 7) is 5.63. The number of esters is 1. The zero-order chi connectivity index (χ0) is 21.4. The highest BCUT2D eigenvalue weighted by Gasteiger charge is 2.20. The van der Waals surface area contributed by atoms with E-state index in [1.165, 1.54) is 70.6 Å². The molecule has 1 aromatic carbocycles. The van der Waals surface area contributed by atoms with Gasteiger partial charge in [0.25, 0.3) is 0 Å². The molecule has 0 unspecified atom stereocenters. The average molecular weight is 417 g/mol. The number of benzene rings is 1. The highest BCUT2D eigenvalue weighted by atomic mass is 16.5. The number of hydrogen-bond donors (Lipinski definition) is 0. The van der Waals surface area contributed by atoms with E-state index in [1.807, 2.05) is 12.1 Å². The van der Waals surface area contributed by atoms with Crippen molar-refractivity contribution >= 4 is 5.97 Å². The monoisotopic (exact) mass is 416 g/mol. The maximum Gasteiger partial charge on any atom is 0.338 e. The molecule has 0 aromatic heterocycles. The zero-order valence-corrected chi connectivity index (χ0v) is 19.5. The second kappa shape index (κ2) is 15.3. The van der Waals surface area contributed by atoms with Crippen molar-refractivity contribution in [1.82, 2.24) is 0 Å². The van der Waals surface area contributed by atoms with Gasteiger partial charge in [-0.15, -0.1) is 0 Å². The number of carbonyl (C=O) groups excluding carboxylic acids is 1. The number of unbranched alkanes of at least 4 members (excludes halogenated alkanes) is 5. The maximum atomic E-state index is 11.9. The molecule has 0 saturated heterocycles. The first-order valence-electron chi connectivity index (χ1n) is 12.6. The molecule has 3 nitrogen and oxygen atoms in total. The van der Waals surface area contributed by atoms with Gasteiger partial charge in [0.1, 0.15) is 5.75 Å². The van der Waals surface area contributed by atoms with Crippen molar-refractivity contribution < 1.29 is 14.3 Å². The molecule has 0 radical (unpaired) electrons. The second-order valence-electron chi connectivity index (χ2n) is 9.09. The lowest BCUT2D eigenvalue weighted by Crippen LogP contribution is -2.15. The Morgan fingerprint density at radius 3 is 2.00 bits per heavy atom. The van der Waals surface area contributed by atoms with E-state index in [2.05, 4.69) is 13.8 Å². The Bertz CT molecular complexity index is 558. The standard InChI is InChI=1S/C27H44O3/c1-3-5-7-8-9-11-23-13-15-24(16-14-23)12-10-22-29-26-19-17-25(18-20-26)27(28)30-21-6-4-2/h17-20,23-24H,3-16,21-22H2,1-2H3/t23-,24-. The summed E-state index contributed by atoms with van der Waals surface area (Å²) in [5.41, 5.74) is 0.598. The minimum Gasteiger partial charge on any atom is -0.494 e. The summed E-state index contributed by atoms with van der Waals surface area (Å²) in [6.07, 6.45) is 18.6. The third-order valence-corrected chi connectivity index (χ3v) is 6.53. The molecular weight excluding hydrogens is 372 g/mol. The van der Waals surface area contributed by atoms with E-state index in [0.717, 1.165) is 43.5 Å². The predicted octanol–water partition coefficient (Wildman–Crippen LogP) is 7.97. The van der Waals surface area contributed by atoms with Crippen LogP contribution < -0.4 is 4.74 Å². The number of ether oxygens (including phenoxy) is 2. The first-order chi connectivity index (χ1) is 14.7. The molecule has 2 rings (SSSR count). The van der Waals surface area contributed by atoms with Gasteiger partial charge in [-0.3, -0.25) is 0 Å². The summed E-state index contributed by atoms with van der Waals surface area (Å²) in [7, 11) is 0. The molecule has 0 spiro atoms. The molecule has 0 aliphatic heterocycles. The van der Waals surface area contributed by atoms with Gasteiger partial charge in [0, 0.05) is 0 Å². The second-order valence-corrected chi connectivity index (χ2v) is 9.09. The van der Waals surface area contributed by atoms with Gasteiger partial charge < -0.3 is 9.47 Å². The van der Waals surface area contributed by atoms with E-state index in [9.17, 15) is 4.79 Å². The Hall–Kier alpha value is -1.51. The Kier molecular flexibility index (Phi) is 12.6. The van der Waals surface area contributed by atoms with E-state index in [1.54, 1.807) is 12.1 Å². The SMILES string of the molecule is CCCCCCC[C@H]1CC[C@H](CCCOc2ccc(C(=O)OCCCC)cc2)CC1. The fraction of sp³-hybridized carbons (Fsp3) is 0.741. The van der Waals surface area contributed by atoms with Crippen molar-refractivity contribution in [2.45, 2.75) is 104 Å². The molecule has 0 heterocycles. The fourth-order valence-electron chi connectivity index (χ4n) is 4.49. The number of carbonyl (C=O) groups is 1. The Balaban J connectivity index is 1.53. The summed E-state index contributed by atoms with van der Waals surface area (Å²) in [6, 6.07) is 7.35. The smallest absolute Gasteiger partial charge is 0.338 e.